The zero-order valence-corrected chi connectivity index (χ0v) is 9.95. The summed E-state index contributed by atoms with van der Waals surface area (Å²) in [6, 6.07) is 2.94. The Kier molecular flexibility index (Phi) is 2.95. The Hall–Kier alpha value is -0.190. The summed E-state index contributed by atoms with van der Waals surface area (Å²) in [4.78, 5) is 0. The maximum atomic E-state index is 13.0. The highest BCUT2D eigenvalue weighted by molar-refractivity contribution is 14.1. The summed E-state index contributed by atoms with van der Waals surface area (Å²) >= 11 is 1.80. The third kappa shape index (κ3) is 2.39. The van der Waals surface area contributed by atoms with Crippen LogP contribution in [0.15, 0.2) is 12.1 Å². The van der Waals surface area contributed by atoms with Gasteiger partial charge in [0, 0.05) is 0 Å². The van der Waals surface area contributed by atoms with Crippen LogP contribution in [-0.4, -0.2) is 0 Å². The van der Waals surface area contributed by atoms with Crippen LogP contribution in [0.5, 0.6) is 0 Å². The van der Waals surface area contributed by atoms with Gasteiger partial charge in [0.2, 0.25) is 0 Å². The fraction of sp³-hybridized carbons (Fsp3) is 0.400. The molecule has 0 saturated carbocycles. The van der Waals surface area contributed by atoms with E-state index in [2.05, 4.69) is 0 Å². The molecule has 72 valence electrons. The zero-order valence-electron chi connectivity index (χ0n) is 7.79. The van der Waals surface area contributed by atoms with E-state index in [0.717, 1.165) is 5.56 Å². The average molecular weight is 296 g/mol. The van der Waals surface area contributed by atoms with Gasteiger partial charge in [0.05, 0.1) is 3.57 Å². The van der Waals surface area contributed by atoms with Gasteiger partial charge in [0.15, 0.2) is 11.6 Å². The molecular formula is C10H11F2I. The number of rotatable bonds is 0. The molecule has 0 aliphatic heterocycles. The summed E-state index contributed by atoms with van der Waals surface area (Å²) in [6.45, 7) is 5.90. The molecule has 0 aliphatic carbocycles. The lowest BCUT2D eigenvalue weighted by atomic mass is 9.87. The Bertz CT molecular complexity index is 303. The van der Waals surface area contributed by atoms with Gasteiger partial charge in [-0.15, -0.1) is 0 Å². The summed E-state index contributed by atoms with van der Waals surface area (Å²) in [5, 5.41) is 0. The molecule has 0 heterocycles. The van der Waals surface area contributed by atoms with Crippen molar-refractivity contribution < 1.29 is 8.78 Å². The Morgan fingerprint density at radius 3 is 2.08 bits per heavy atom. The largest absolute Gasteiger partial charge is 0.204 e. The van der Waals surface area contributed by atoms with Crippen LogP contribution in [0.4, 0.5) is 8.78 Å². The van der Waals surface area contributed by atoms with Gasteiger partial charge in [-0.05, 0) is 45.7 Å². The van der Waals surface area contributed by atoms with Gasteiger partial charge in [0.25, 0.3) is 0 Å². The van der Waals surface area contributed by atoms with Crippen LogP contribution in [0.2, 0.25) is 0 Å². The molecule has 0 unspecified atom stereocenters. The zero-order chi connectivity index (χ0) is 10.2. The Morgan fingerprint density at radius 2 is 1.69 bits per heavy atom. The second kappa shape index (κ2) is 3.52. The van der Waals surface area contributed by atoms with Crippen LogP contribution in [-0.2, 0) is 5.41 Å². The third-order valence-corrected chi connectivity index (χ3v) is 2.63. The van der Waals surface area contributed by atoms with Crippen LogP contribution in [0.1, 0.15) is 26.3 Å². The van der Waals surface area contributed by atoms with Gasteiger partial charge in [-0.2, -0.15) is 0 Å². The highest BCUT2D eigenvalue weighted by Gasteiger charge is 2.17. The predicted octanol–water partition coefficient (Wildman–Crippen LogP) is 3.87. The standard InChI is InChI=1S/C10H11F2I/c1-10(2,3)6-4-7(11)9(12)8(13)5-6/h4-5H,1-3H3. The molecule has 0 radical (unpaired) electrons. The molecule has 0 spiro atoms. The molecule has 1 aromatic rings. The molecule has 1 aromatic carbocycles. The monoisotopic (exact) mass is 296 g/mol. The van der Waals surface area contributed by atoms with Crippen molar-refractivity contribution in [2.75, 3.05) is 0 Å². The lowest BCUT2D eigenvalue weighted by Crippen LogP contribution is -2.12. The van der Waals surface area contributed by atoms with Gasteiger partial charge in [0.1, 0.15) is 0 Å². The molecule has 0 atom stereocenters. The lowest BCUT2D eigenvalue weighted by molar-refractivity contribution is 0.494. The van der Waals surface area contributed by atoms with Crippen LogP contribution in [0.25, 0.3) is 0 Å². The van der Waals surface area contributed by atoms with E-state index in [9.17, 15) is 8.78 Å². The minimum Gasteiger partial charge on any atom is -0.204 e. The molecular weight excluding hydrogens is 285 g/mol. The predicted molar refractivity (Wildman–Crippen MR) is 57.8 cm³/mol. The molecule has 3 heteroatoms. The normalized spacial score (nSPS) is 11.8. The smallest absolute Gasteiger partial charge is 0.172 e. The molecule has 0 amide bonds. The van der Waals surface area contributed by atoms with E-state index in [-0.39, 0.29) is 5.41 Å². The van der Waals surface area contributed by atoms with Crippen LogP contribution in [0.3, 0.4) is 0 Å². The van der Waals surface area contributed by atoms with E-state index in [4.69, 9.17) is 0 Å². The van der Waals surface area contributed by atoms with Crippen molar-refractivity contribution in [3.8, 4) is 0 Å². The van der Waals surface area contributed by atoms with Crippen molar-refractivity contribution in [2.24, 2.45) is 0 Å². The average Bonchev–Trinajstić information content (AvgIpc) is 1.97. The van der Waals surface area contributed by atoms with E-state index in [1.165, 1.54) is 6.07 Å². The molecule has 13 heavy (non-hydrogen) atoms. The van der Waals surface area contributed by atoms with Crippen LogP contribution >= 0.6 is 22.6 Å². The van der Waals surface area contributed by atoms with Crippen molar-refractivity contribution >= 4 is 22.6 Å². The summed E-state index contributed by atoms with van der Waals surface area (Å²) in [7, 11) is 0. The molecule has 0 saturated heterocycles. The van der Waals surface area contributed by atoms with Crippen molar-refractivity contribution in [2.45, 2.75) is 26.2 Å². The summed E-state index contributed by atoms with van der Waals surface area (Å²) < 4.78 is 26.2. The first-order chi connectivity index (χ1) is 5.82. The van der Waals surface area contributed by atoms with Crippen LogP contribution in [0, 0.1) is 15.2 Å². The van der Waals surface area contributed by atoms with Gasteiger partial charge >= 0.3 is 0 Å². The van der Waals surface area contributed by atoms with Crippen LogP contribution < -0.4 is 0 Å². The molecule has 0 nitrogen and oxygen atoms in total. The number of halogens is 3. The summed E-state index contributed by atoms with van der Waals surface area (Å²) in [5.41, 5.74) is 0.671. The Morgan fingerprint density at radius 1 is 1.15 bits per heavy atom. The molecule has 0 N–H and O–H groups in total. The van der Waals surface area contributed by atoms with E-state index in [1.54, 1.807) is 28.7 Å². The minimum absolute atomic E-state index is 0.144. The first-order valence-electron chi connectivity index (χ1n) is 3.97. The van der Waals surface area contributed by atoms with Crippen molar-refractivity contribution in [3.05, 3.63) is 32.9 Å². The summed E-state index contributed by atoms with van der Waals surface area (Å²) in [6.07, 6.45) is 0. The number of benzene rings is 1. The molecule has 0 aliphatic rings. The Balaban J connectivity index is 3.29. The van der Waals surface area contributed by atoms with Crippen molar-refractivity contribution in [1.29, 1.82) is 0 Å². The number of hydrogen-bond donors (Lipinski definition) is 0. The fourth-order valence-corrected chi connectivity index (χ4v) is 1.58. The number of hydrogen-bond acceptors (Lipinski definition) is 0. The SMILES string of the molecule is CC(C)(C)c1cc(F)c(F)c(I)c1. The molecule has 0 fully saturated rings. The van der Waals surface area contributed by atoms with Gasteiger partial charge in [-0.25, -0.2) is 8.78 Å². The second-order valence-corrected chi connectivity index (χ2v) is 5.17. The maximum Gasteiger partial charge on any atom is 0.172 e. The first kappa shape index (κ1) is 10.9. The van der Waals surface area contributed by atoms with Crippen molar-refractivity contribution in [3.63, 3.8) is 0 Å². The highest BCUT2D eigenvalue weighted by Crippen LogP contribution is 2.26. The van der Waals surface area contributed by atoms with E-state index in [0.29, 0.717) is 3.57 Å². The Labute approximate surface area is 90.5 Å². The van der Waals surface area contributed by atoms with Gasteiger partial charge in [-0.3, -0.25) is 0 Å². The summed E-state index contributed by atoms with van der Waals surface area (Å²) in [5.74, 6) is -1.52. The quantitative estimate of drug-likeness (QED) is 0.503. The molecule has 1 rings (SSSR count). The minimum atomic E-state index is -0.767. The van der Waals surface area contributed by atoms with Gasteiger partial charge < -0.3 is 0 Å². The first-order valence-corrected chi connectivity index (χ1v) is 5.05. The van der Waals surface area contributed by atoms with E-state index in [1.807, 2.05) is 20.8 Å². The second-order valence-electron chi connectivity index (χ2n) is 4.00. The molecule has 0 bridgehead atoms. The van der Waals surface area contributed by atoms with E-state index >= 15 is 0 Å². The topological polar surface area (TPSA) is 0 Å². The highest BCUT2D eigenvalue weighted by atomic mass is 127. The van der Waals surface area contributed by atoms with E-state index < -0.39 is 11.6 Å². The lowest BCUT2D eigenvalue weighted by Gasteiger charge is -2.19. The fourth-order valence-electron chi connectivity index (χ4n) is 0.989. The van der Waals surface area contributed by atoms with Gasteiger partial charge in [-0.1, -0.05) is 20.8 Å². The van der Waals surface area contributed by atoms with Crippen molar-refractivity contribution in [1.82, 2.24) is 0 Å². The molecule has 0 aromatic heterocycles. The third-order valence-electron chi connectivity index (χ3n) is 1.85. The maximum absolute atomic E-state index is 13.0.